The van der Waals surface area contributed by atoms with Crippen LogP contribution in [0.25, 0.3) is 0 Å². The minimum atomic E-state index is -0.318. The number of carbonyl (C=O) groups is 1. The molecule has 2 aromatic carbocycles. The number of halogens is 2. The molecule has 2 aromatic rings. The Hall–Kier alpha value is -1.87. The fraction of sp³-hybridized carbons (Fsp3) is 0.300. The summed E-state index contributed by atoms with van der Waals surface area (Å²) in [6.07, 6.45) is 0. The highest BCUT2D eigenvalue weighted by molar-refractivity contribution is 9.10. The van der Waals surface area contributed by atoms with Gasteiger partial charge in [-0.1, -0.05) is 17.7 Å². The minimum absolute atomic E-state index is 0.191. The lowest BCUT2D eigenvalue weighted by Crippen LogP contribution is -2.38. The molecule has 0 aromatic heterocycles. The Kier molecular flexibility index (Phi) is 7.71. The summed E-state index contributed by atoms with van der Waals surface area (Å²) in [7, 11) is 0. The minimum Gasteiger partial charge on any atom is -0.493 e. The SMILES string of the molecule is CCOc1ccc(C(=O)NC(=S)Nc2cccc(Cl)c2N2CCOCC2)cc1Br. The third kappa shape index (κ3) is 5.60. The van der Waals surface area contributed by atoms with Crippen LogP contribution in [-0.4, -0.2) is 43.9 Å². The topological polar surface area (TPSA) is 62.8 Å². The lowest BCUT2D eigenvalue weighted by Gasteiger charge is -2.31. The van der Waals surface area contributed by atoms with E-state index in [0.717, 1.165) is 24.5 Å². The average molecular weight is 499 g/mol. The predicted octanol–water partition coefficient (Wildman–Crippen LogP) is 4.46. The summed E-state index contributed by atoms with van der Waals surface area (Å²) in [6, 6.07) is 10.7. The molecule has 0 bridgehead atoms. The molecule has 0 aliphatic carbocycles. The summed E-state index contributed by atoms with van der Waals surface area (Å²) < 4.78 is 11.6. The third-order valence-electron chi connectivity index (χ3n) is 4.28. The molecule has 0 saturated carbocycles. The Morgan fingerprint density at radius 1 is 1.31 bits per heavy atom. The summed E-state index contributed by atoms with van der Waals surface area (Å²) in [5, 5.41) is 6.60. The van der Waals surface area contributed by atoms with Crippen molar-refractivity contribution in [3.05, 3.63) is 51.5 Å². The highest BCUT2D eigenvalue weighted by Gasteiger charge is 2.19. The number of benzene rings is 2. The Morgan fingerprint density at radius 3 is 2.76 bits per heavy atom. The fourth-order valence-electron chi connectivity index (χ4n) is 2.97. The number of thiocarbonyl (C=S) groups is 1. The van der Waals surface area contributed by atoms with E-state index in [2.05, 4.69) is 31.5 Å². The molecule has 3 rings (SSSR count). The number of morpholine rings is 1. The smallest absolute Gasteiger partial charge is 0.257 e. The van der Waals surface area contributed by atoms with Crippen molar-refractivity contribution in [3.63, 3.8) is 0 Å². The van der Waals surface area contributed by atoms with Crippen LogP contribution in [0.1, 0.15) is 17.3 Å². The standard InChI is InChI=1S/C20H21BrClN3O3S/c1-2-28-17-7-6-13(12-14(17)21)19(26)24-20(29)23-16-5-3-4-15(22)18(16)25-8-10-27-11-9-25/h3-7,12H,2,8-11H2,1H3,(H2,23,24,26,29). The molecule has 9 heteroatoms. The second kappa shape index (κ2) is 10.2. The largest absolute Gasteiger partial charge is 0.493 e. The van der Waals surface area contributed by atoms with Gasteiger partial charge in [0.05, 0.1) is 40.7 Å². The van der Waals surface area contributed by atoms with Crippen LogP contribution in [0.15, 0.2) is 40.9 Å². The molecule has 29 heavy (non-hydrogen) atoms. The second-order valence-electron chi connectivity index (χ2n) is 6.22. The lowest BCUT2D eigenvalue weighted by molar-refractivity contribution is 0.0977. The van der Waals surface area contributed by atoms with Crippen LogP contribution < -0.4 is 20.3 Å². The zero-order valence-electron chi connectivity index (χ0n) is 15.8. The number of nitrogens with one attached hydrogen (secondary N) is 2. The fourth-order valence-corrected chi connectivity index (χ4v) is 3.96. The lowest BCUT2D eigenvalue weighted by atomic mass is 10.2. The zero-order valence-corrected chi connectivity index (χ0v) is 19.0. The van der Waals surface area contributed by atoms with Crippen molar-refractivity contribution in [3.8, 4) is 5.75 Å². The van der Waals surface area contributed by atoms with Crippen molar-refractivity contribution in [2.45, 2.75) is 6.92 Å². The van der Waals surface area contributed by atoms with Crippen molar-refractivity contribution in [1.82, 2.24) is 5.32 Å². The zero-order chi connectivity index (χ0) is 20.8. The number of ether oxygens (including phenoxy) is 2. The van der Waals surface area contributed by atoms with Crippen LogP contribution in [-0.2, 0) is 4.74 Å². The maximum Gasteiger partial charge on any atom is 0.257 e. The molecule has 0 radical (unpaired) electrons. The number of carbonyl (C=O) groups excluding carboxylic acids is 1. The Bertz CT molecular complexity index is 907. The van der Waals surface area contributed by atoms with E-state index >= 15 is 0 Å². The van der Waals surface area contributed by atoms with Gasteiger partial charge < -0.3 is 19.7 Å². The molecular formula is C20H21BrClN3O3S. The van der Waals surface area contributed by atoms with E-state index < -0.39 is 0 Å². The number of anilines is 2. The maximum absolute atomic E-state index is 12.6. The number of nitrogens with zero attached hydrogens (tertiary/aromatic N) is 1. The third-order valence-corrected chi connectivity index (χ3v) is 5.41. The molecule has 1 aliphatic rings. The first-order valence-corrected chi connectivity index (χ1v) is 10.7. The Balaban J connectivity index is 1.70. The molecule has 1 fully saturated rings. The van der Waals surface area contributed by atoms with Gasteiger partial charge >= 0.3 is 0 Å². The molecule has 6 nitrogen and oxygen atoms in total. The summed E-state index contributed by atoms with van der Waals surface area (Å²) in [5.41, 5.74) is 2.04. The second-order valence-corrected chi connectivity index (χ2v) is 7.89. The van der Waals surface area contributed by atoms with E-state index in [0.29, 0.717) is 40.6 Å². The van der Waals surface area contributed by atoms with E-state index in [-0.39, 0.29) is 11.0 Å². The monoisotopic (exact) mass is 497 g/mol. The van der Waals surface area contributed by atoms with E-state index in [1.807, 2.05) is 25.1 Å². The van der Waals surface area contributed by atoms with Gasteiger partial charge in [-0.15, -0.1) is 0 Å². The van der Waals surface area contributed by atoms with E-state index in [4.69, 9.17) is 33.3 Å². The highest BCUT2D eigenvalue weighted by atomic mass is 79.9. The van der Waals surface area contributed by atoms with Gasteiger partial charge in [0.2, 0.25) is 0 Å². The van der Waals surface area contributed by atoms with Gasteiger partial charge in [0, 0.05) is 18.7 Å². The van der Waals surface area contributed by atoms with E-state index in [1.165, 1.54) is 0 Å². The Labute approximate surface area is 188 Å². The van der Waals surface area contributed by atoms with E-state index in [1.54, 1.807) is 18.2 Å². The van der Waals surface area contributed by atoms with Gasteiger partial charge in [-0.3, -0.25) is 10.1 Å². The van der Waals surface area contributed by atoms with Crippen LogP contribution in [0, 0.1) is 0 Å². The summed E-state index contributed by atoms with van der Waals surface area (Å²) >= 11 is 15.2. The van der Waals surface area contributed by atoms with Crippen molar-refractivity contribution in [1.29, 1.82) is 0 Å². The molecule has 0 unspecified atom stereocenters. The van der Waals surface area contributed by atoms with Crippen LogP contribution in [0.4, 0.5) is 11.4 Å². The number of hydrogen-bond acceptors (Lipinski definition) is 5. The molecular weight excluding hydrogens is 478 g/mol. The number of rotatable bonds is 5. The first-order valence-electron chi connectivity index (χ1n) is 9.15. The molecule has 1 aliphatic heterocycles. The van der Waals surface area contributed by atoms with Crippen molar-refractivity contribution >= 4 is 62.1 Å². The summed E-state index contributed by atoms with van der Waals surface area (Å²) in [6.45, 7) is 5.19. The van der Waals surface area contributed by atoms with Crippen LogP contribution >= 0.6 is 39.7 Å². The molecule has 154 valence electrons. The first kappa shape index (κ1) is 21.8. The number of amides is 1. The predicted molar refractivity (Wildman–Crippen MR) is 123 cm³/mol. The quantitative estimate of drug-likeness (QED) is 0.593. The van der Waals surface area contributed by atoms with Gasteiger partial charge in [0.1, 0.15) is 5.75 Å². The first-order chi connectivity index (χ1) is 14.0. The summed E-state index contributed by atoms with van der Waals surface area (Å²) in [4.78, 5) is 14.7. The number of para-hydroxylation sites is 1. The van der Waals surface area contributed by atoms with Gasteiger partial charge in [-0.25, -0.2) is 0 Å². The molecule has 1 saturated heterocycles. The van der Waals surface area contributed by atoms with Gasteiger partial charge in [0.15, 0.2) is 5.11 Å². The van der Waals surface area contributed by atoms with Crippen LogP contribution in [0.2, 0.25) is 5.02 Å². The Morgan fingerprint density at radius 2 is 2.07 bits per heavy atom. The normalized spacial score (nSPS) is 13.7. The molecule has 2 N–H and O–H groups in total. The highest BCUT2D eigenvalue weighted by Crippen LogP contribution is 2.34. The van der Waals surface area contributed by atoms with Crippen molar-refractivity contribution < 1.29 is 14.3 Å². The average Bonchev–Trinajstić information content (AvgIpc) is 2.70. The van der Waals surface area contributed by atoms with Crippen molar-refractivity contribution in [2.75, 3.05) is 43.1 Å². The van der Waals surface area contributed by atoms with Crippen LogP contribution in [0.3, 0.4) is 0 Å². The van der Waals surface area contributed by atoms with E-state index in [9.17, 15) is 4.79 Å². The number of hydrogen-bond donors (Lipinski definition) is 2. The maximum atomic E-state index is 12.6. The van der Waals surface area contributed by atoms with Gasteiger partial charge in [0.25, 0.3) is 5.91 Å². The molecule has 0 spiro atoms. The molecule has 0 atom stereocenters. The van der Waals surface area contributed by atoms with Crippen LogP contribution in [0.5, 0.6) is 5.75 Å². The molecule has 1 amide bonds. The van der Waals surface area contributed by atoms with Gasteiger partial charge in [-0.2, -0.15) is 0 Å². The van der Waals surface area contributed by atoms with Crippen molar-refractivity contribution in [2.24, 2.45) is 0 Å². The molecule has 1 heterocycles. The summed E-state index contributed by atoms with van der Waals surface area (Å²) in [5.74, 6) is 0.361. The van der Waals surface area contributed by atoms with Gasteiger partial charge in [-0.05, 0) is 65.4 Å².